The molecule has 0 bridgehead atoms. The van der Waals surface area contributed by atoms with Gasteiger partial charge in [-0.15, -0.1) is 0 Å². The molecule has 0 saturated carbocycles. The molecule has 18 heavy (non-hydrogen) atoms. The van der Waals surface area contributed by atoms with Crippen molar-refractivity contribution >= 4 is 21.6 Å². The second-order valence-electron chi connectivity index (χ2n) is 3.66. The maximum Gasteiger partial charge on any atom is 0.242 e. The number of nitrogens with one attached hydrogen (secondary N) is 1. The van der Waals surface area contributed by atoms with Gasteiger partial charge in [0.2, 0.25) is 10.0 Å². The summed E-state index contributed by atoms with van der Waals surface area (Å²) in [5.41, 5.74) is 0.0136. The van der Waals surface area contributed by atoms with Gasteiger partial charge >= 0.3 is 0 Å². The Kier molecular flexibility index (Phi) is 5.11. The zero-order valence-electron chi connectivity index (χ0n) is 9.72. The molecule has 1 aromatic rings. The second kappa shape index (κ2) is 6.16. The molecule has 0 amide bonds. The van der Waals surface area contributed by atoms with Gasteiger partial charge in [0.25, 0.3) is 0 Å². The Morgan fingerprint density at radius 3 is 2.72 bits per heavy atom. The van der Waals surface area contributed by atoms with Gasteiger partial charge in [-0.05, 0) is 24.6 Å². The van der Waals surface area contributed by atoms with Crippen LogP contribution in [0.25, 0.3) is 0 Å². The van der Waals surface area contributed by atoms with Crippen LogP contribution in [0.4, 0.5) is 0 Å². The van der Waals surface area contributed by atoms with Crippen molar-refractivity contribution in [1.82, 2.24) is 4.72 Å². The smallest absolute Gasteiger partial charge is 0.242 e. The Hall–Kier alpha value is -1.13. The molecule has 0 aromatic heterocycles. The van der Waals surface area contributed by atoms with Crippen molar-refractivity contribution in [2.75, 3.05) is 6.61 Å². The van der Waals surface area contributed by atoms with E-state index in [1.165, 1.54) is 18.2 Å². The van der Waals surface area contributed by atoms with Gasteiger partial charge < -0.3 is 5.11 Å². The van der Waals surface area contributed by atoms with Crippen molar-refractivity contribution < 1.29 is 13.5 Å². The van der Waals surface area contributed by atoms with Crippen LogP contribution >= 0.6 is 11.6 Å². The van der Waals surface area contributed by atoms with Gasteiger partial charge in [0.1, 0.15) is 11.0 Å². The lowest BCUT2D eigenvalue weighted by Gasteiger charge is -2.15. The molecule has 2 N–H and O–H groups in total. The Morgan fingerprint density at radius 2 is 2.22 bits per heavy atom. The number of nitrogens with zero attached hydrogens (tertiary/aromatic N) is 1. The summed E-state index contributed by atoms with van der Waals surface area (Å²) in [7, 11) is -3.87. The minimum absolute atomic E-state index is 0.0136. The lowest BCUT2D eigenvalue weighted by molar-refractivity contribution is 0.254. The summed E-state index contributed by atoms with van der Waals surface area (Å²) in [6.45, 7) is 1.44. The fourth-order valence-electron chi connectivity index (χ4n) is 1.34. The minimum Gasteiger partial charge on any atom is -0.395 e. The van der Waals surface area contributed by atoms with E-state index in [-0.39, 0.29) is 22.1 Å². The topological polar surface area (TPSA) is 90.2 Å². The van der Waals surface area contributed by atoms with Crippen molar-refractivity contribution in [2.24, 2.45) is 0 Å². The Balaban J connectivity index is 3.20. The first kappa shape index (κ1) is 14.9. The summed E-state index contributed by atoms with van der Waals surface area (Å²) in [6, 6.07) is 5.22. The van der Waals surface area contributed by atoms with E-state index in [1.807, 2.05) is 0 Å². The molecule has 0 saturated heterocycles. The van der Waals surface area contributed by atoms with Crippen molar-refractivity contribution in [3.63, 3.8) is 0 Å². The van der Waals surface area contributed by atoms with Crippen LogP contribution in [0.5, 0.6) is 0 Å². The van der Waals surface area contributed by atoms with Gasteiger partial charge in [-0.2, -0.15) is 5.26 Å². The fraction of sp³-hybridized carbons (Fsp3) is 0.364. The van der Waals surface area contributed by atoms with E-state index in [9.17, 15) is 8.42 Å². The lowest BCUT2D eigenvalue weighted by atomic mass is 10.2. The Morgan fingerprint density at radius 1 is 1.56 bits per heavy atom. The van der Waals surface area contributed by atoms with Crippen LogP contribution in [0.1, 0.15) is 18.9 Å². The summed E-state index contributed by atoms with van der Waals surface area (Å²) in [6.07, 6.45) is 0.443. The first-order valence-electron chi connectivity index (χ1n) is 5.27. The number of benzene rings is 1. The van der Waals surface area contributed by atoms with Crippen molar-refractivity contribution in [3.8, 4) is 6.07 Å². The van der Waals surface area contributed by atoms with Gasteiger partial charge in [-0.25, -0.2) is 13.1 Å². The third-order valence-corrected chi connectivity index (χ3v) is 4.18. The number of halogens is 1. The maximum atomic E-state index is 12.1. The fourth-order valence-corrected chi connectivity index (χ4v) is 3.07. The van der Waals surface area contributed by atoms with Crippen molar-refractivity contribution in [1.29, 1.82) is 5.26 Å². The molecule has 0 aliphatic heterocycles. The third kappa shape index (κ3) is 3.43. The molecule has 0 radical (unpaired) electrons. The molecule has 1 rings (SSSR count). The quantitative estimate of drug-likeness (QED) is 0.853. The molecule has 0 aliphatic carbocycles. The molecule has 0 aliphatic rings. The molecule has 0 spiro atoms. The van der Waals surface area contributed by atoms with Crippen LogP contribution in [0.2, 0.25) is 5.02 Å². The van der Waals surface area contributed by atoms with Gasteiger partial charge in [-0.1, -0.05) is 18.5 Å². The molecule has 0 fully saturated rings. The zero-order valence-corrected chi connectivity index (χ0v) is 11.3. The number of nitriles is 1. The molecule has 5 nitrogen and oxygen atoms in total. The van der Waals surface area contributed by atoms with Crippen LogP contribution in [-0.4, -0.2) is 26.2 Å². The largest absolute Gasteiger partial charge is 0.395 e. The number of aliphatic hydroxyl groups excluding tert-OH is 1. The van der Waals surface area contributed by atoms with E-state index in [0.29, 0.717) is 6.42 Å². The summed E-state index contributed by atoms with van der Waals surface area (Å²) in [4.78, 5) is -0.176. The molecular formula is C11H13ClN2O3S. The highest BCUT2D eigenvalue weighted by Gasteiger charge is 2.22. The maximum absolute atomic E-state index is 12.1. The molecule has 1 unspecified atom stereocenters. The number of rotatable bonds is 5. The Labute approximate surface area is 111 Å². The predicted octanol–water partition coefficient (Wildman–Crippen LogP) is 1.26. The van der Waals surface area contributed by atoms with Crippen molar-refractivity contribution in [3.05, 3.63) is 28.8 Å². The van der Waals surface area contributed by atoms with Crippen LogP contribution in [0.15, 0.2) is 23.1 Å². The molecule has 1 aromatic carbocycles. The Bertz CT molecular complexity index is 562. The van der Waals surface area contributed by atoms with Gasteiger partial charge in [-0.3, -0.25) is 0 Å². The minimum atomic E-state index is -3.87. The van der Waals surface area contributed by atoms with Gasteiger partial charge in [0.15, 0.2) is 0 Å². The highest BCUT2D eigenvalue weighted by molar-refractivity contribution is 7.89. The number of aliphatic hydroxyl groups is 1. The van der Waals surface area contributed by atoms with E-state index < -0.39 is 16.1 Å². The number of hydrogen-bond acceptors (Lipinski definition) is 4. The molecule has 1 atom stereocenters. The number of sulfonamides is 1. The third-order valence-electron chi connectivity index (χ3n) is 2.39. The van der Waals surface area contributed by atoms with Crippen LogP contribution in [-0.2, 0) is 10.0 Å². The van der Waals surface area contributed by atoms with E-state index in [0.717, 1.165) is 0 Å². The van der Waals surface area contributed by atoms with Crippen LogP contribution in [0, 0.1) is 11.3 Å². The van der Waals surface area contributed by atoms with Crippen molar-refractivity contribution in [2.45, 2.75) is 24.3 Å². The molecule has 98 valence electrons. The first-order chi connectivity index (χ1) is 8.44. The van der Waals surface area contributed by atoms with E-state index in [2.05, 4.69) is 4.72 Å². The summed E-state index contributed by atoms with van der Waals surface area (Å²) < 4.78 is 26.4. The lowest BCUT2D eigenvalue weighted by Crippen LogP contribution is -2.37. The summed E-state index contributed by atoms with van der Waals surface area (Å²) in [5.74, 6) is 0. The zero-order chi connectivity index (χ0) is 13.8. The average Bonchev–Trinajstić information content (AvgIpc) is 2.36. The van der Waals surface area contributed by atoms with Gasteiger partial charge in [0.05, 0.1) is 12.2 Å². The summed E-state index contributed by atoms with van der Waals surface area (Å²) in [5, 5.41) is 18.1. The predicted molar refractivity (Wildman–Crippen MR) is 67.7 cm³/mol. The monoisotopic (exact) mass is 288 g/mol. The highest BCUT2D eigenvalue weighted by Crippen LogP contribution is 2.20. The van der Waals surface area contributed by atoms with Crippen LogP contribution in [0.3, 0.4) is 0 Å². The van der Waals surface area contributed by atoms with Gasteiger partial charge in [0, 0.05) is 11.1 Å². The molecular weight excluding hydrogens is 276 g/mol. The van der Waals surface area contributed by atoms with Crippen LogP contribution < -0.4 is 4.72 Å². The van der Waals surface area contributed by atoms with E-state index in [4.69, 9.17) is 22.0 Å². The summed E-state index contributed by atoms with van der Waals surface area (Å²) >= 11 is 5.73. The van der Waals surface area contributed by atoms with E-state index >= 15 is 0 Å². The second-order valence-corrected chi connectivity index (χ2v) is 5.78. The van der Waals surface area contributed by atoms with E-state index in [1.54, 1.807) is 13.0 Å². The number of hydrogen-bond donors (Lipinski definition) is 2. The first-order valence-corrected chi connectivity index (χ1v) is 7.13. The SMILES string of the molecule is CCC(CO)NS(=O)(=O)c1cc(Cl)ccc1C#N. The highest BCUT2D eigenvalue weighted by atomic mass is 35.5. The molecule has 7 heteroatoms. The standard InChI is InChI=1S/C11H13ClN2O3S/c1-2-10(7-15)14-18(16,17)11-5-9(12)4-3-8(11)6-13/h3-5,10,14-15H,2,7H2,1H3. The average molecular weight is 289 g/mol. The normalized spacial score (nSPS) is 13.0. The molecule has 0 heterocycles.